The molecule has 0 unspecified atom stereocenters. The van der Waals surface area contributed by atoms with E-state index in [9.17, 15) is 14.7 Å². The Morgan fingerprint density at radius 1 is 1.28 bits per heavy atom. The minimum Gasteiger partial charge on any atom is -0.497 e. The molecule has 8 nitrogen and oxygen atoms in total. The molecule has 8 heteroatoms. The molecule has 2 aliphatic heterocycles. The summed E-state index contributed by atoms with van der Waals surface area (Å²) >= 11 is 0. The summed E-state index contributed by atoms with van der Waals surface area (Å²) in [6.45, 7) is 6.26. The van der Waals surface area contributed by atoms with E-state index in [1.165, 1.54) is 5.56 Å². The molecule has 1 fully saturated rings. The van der Waals surface area contributed by atoms with Crippen molar-refractivity contribution in [2.24, 2.45) is 0 Å². The number of ether oxygens (including phenoxy) is 1. The third kappa shape index (κ3) is 3.70. The topological polar surface area (TPSA) is 97.9 Å². The molecule has 1 atom stereocenters. The first-order valence-corrected chi connectivity index (χ1v) is 11.6. The molecule has 32 heavy (non-hydrogen) atoms. The fourth-order valence-corrected chi connectivity index (χ4v) is 5.36. The van der Waals surface area contributed by atoms with Gasteiger partial charge in [-0.15, -0.1) is 0 Å². The molecule has 2 aromatic rings. The van der Waals surface area contributed by atoms with E-state index < -0.39 is 6.04 Å². The van der Waals surface area contributed by atoms with Crippen molar-refractivity contribution in [3.63, 3.8) is 0 Å². The zero-order valence-corrected chi connectivity index (χ0v) is 19.2. The van der Waals surface area contributed by atoms with Gasteiger partial charge < -0.3 is 29.9 Å². The molecule has 1 saturated heterocycles. The number of nitrogens with zero attached hydrogens (tertiary/aromatic N) is 2. The molecule has 1 spiro atoms. The van der Waals surface area contributed by atoms with Crippen molar-refractivity contribution in [3.8, 4) is 5.75 Å². The highest BCUT2D eigenvalue weighted by Crippen LogP contribution is 2.49. The van der Waals surface area contributed by atoms with Gasteiger partial charge in [0.15, 0.2) is 0 Å². The van der Waals surface area contributed by atoms with Crippen LogP contribution in [0.25, 0.3) is 10.9 Å². The number of aromatic nitrogens is 1. The van der Waals surface area contributed by atoms with Gasteiger partial charge in [0.1, 0.15) is 5.75 Å². The van der Waals surface area contributed by atoms with Crippen LogP contribution in [0.1, 0.15) is 56.8 Å². The predicted octanol–water partition coefficient (Wildman–Crippen LogP) is 2.92. The summed E-state index contributed by atoms with van der Waals surface area (Å²) in [5.74, 6) is 0.794. The second-order valence-corrected chi connectivity index (χ2v) is 8.90. The van der Waals surface area contributed by atoms with E-state index in [-0.39, 0.29) is 24.0 Å². The molecule has 1 aromatic heterocycles. The van der Waals surface area contributed by atoms with Gasteiger partial charge in [0.05, 0.1) is 19.8 Å². The highest BCUT2D eigenvalue weighted by Gasteiger charge is 2.48. The smallest absolute Gasteiger partial charge is 0.317 e. The van der Waals surface area contributed by atoms with E-state index in [0.717, 1.165) is 41.6 Å². The van der Waals surface area contributed by atoms with Gasteiger partial charge >= 0.3 is 6.03 Å². The summed E-state index contributed by atoms with van der Waals surface area (Å²) in [5.41, 5.74) is 2.77. The van der Waals surface area contributed by atoms with Crippen LogP contribution in [0.4, 0.5) is 4.79 Å². The van der Waals surface area contributed by atoms with Crippen LogP contribution in [0.2, 0.25) is 0 Å². The Hall–Kier alpha value is -2.74. The highest BCUT2D eigenvalue weighted by molar-refractivity contribution is 5.89. The second-order valence-electron chi connectivity index (χ2n) is 8.90. The third-order valence-corrected chi connectivity index (χ3v) is 7.08. The molecule has 1 aromatic carbocycles. The van der Waals surface area contributed by atoms with Crippen LogP contribution in [0.5, 0.6) is 5.75 Å². The fraction of sp³-hybridized carbons (Fsp3) is 0.583. The van der Waals surface area contributed by atoms with Crippen molar-refractivity contribution in [2.75, 3.05) is 39.9 Å². The molecule has 174 valence electrons. The number of aliphatic hydroxyl groups excluding tert-OH is 1. The van der Waals surface area contributed by atoms with Crippen molar-refractivity contribution in [1.82, 2.24) is 20.1 Å². The van der Waals surface area contributed by atoms with E-state index >= 15 is 0 Å². The predicted molar refractivity (Wildman–Crippen MR) is 123 cm³/mol. The van der Waals surface area contributed by atoms with Crippen LogP contribution in [-0.2, 0) is 10.2 Å². The van der Waals surface area contributed by atoms with E-state index in [1.54, 1.807) is 7.11 Å². The zero-order chi connectivity index (χ0) is 22.9. The number of hydrogen-bond acceptors (Lipinski definition) is 4. The van der Waals surface area contributed by atoms with Crippen LogP contribution in [0.15, 0.2) is 18.2 Å². The number of nitrogens with one attached hydrogen (secondary N) is 2. The second kappa shape index (κ2) is 9.02. The largest absolute Gasteiger partial charge is 0.497 e. The Kier molecular flexibility index (Phi) is 6.33. The molecule has 3 heterocycles. The lowest BCUT2D eigenvalue weighted by Crippen LogP contribution is -2.56. The summed E-state index contributed by atoms with van der Waals surface area (Å²) in [4.78, 5) is 32.6. The van der Waals surface area contributed by atoms with Gasteiger partial charge in [-0.1, -0.05) is 13.8 Å². The van der Waals surface area contributed by atoms with Gasteiger partial charge in [-0.25, -0.2) is 4.79 Å². The maximum Gasteiger partial charge on any atom is 0.317 e. The van der Waals surface area contributed by atoms with Crippen LogP contribution in [-0.4, -0.2) is 71.7 Å². The lowest BCUT2D eigenvalue weighted by atomic mass is 9.68. The van der Waals surface area contributed by atoms with Gasteiger partial charge in [0.2, 0.25) is 5.91 Å². The maximum absolute atomic E-state index is 12.9. The standard InChI is InChI=1S/C24H34N4O4/c1-4-10-25-23(31)27-11-8-24(9-12-27)15-28(20(30)5-2)19(14-29)22-21(24)17-7-6-16(32-3)13-18(17)26-22/h6-7,13,19,26,29H,4-5,8-12,14-15H2,1-3H3,(H,25,31)/t19-/m0/s1. The number of methoxy groups -OCH3 is 1. The average molecular weight is 443 g/mol. The molecule has 0 bridgehead atoms. The van der Waals surface area contributed by atoms with Crippen LogP contribution in [0, 0.1) is 0 Å². The SMILES string of the molecule is CCCNC(=O)N1CCC2(CC1)CN(C(=O)CC)[C@@H](CO)c1[nH]c3cc(OC)ccc3c12. The lowest BCUT2D eigenvalue weighted by molar-refractivity contribution is -0.137. The van der Waals surface area contributed by atoms with Gasteiger partial charge in [0, 0.05) is 60.7 Å². The minimum atomic E-state index is -0.396. The number of carbonyl (C=O) groups excluding carboxylic acids is 2. The van der Waals surface area contributed by atoms with Gasteiger partial charge in [-0.2, -0.15) is 0 Å². The molecule has 0 saturated carbocycles. The number of carbonyl (C=O) groups is 2. The van der Waals surface area contributed by atoms with Crippen molar-refractivity contribution in [2.45, 2.75) is 51.0 Å². The molecule has 2 aliphatic rings. The van der Waals surface area contributed by atoms with E-state index in [1.807, 2.05) is 35.8 Å². The maximum atomic E-state index is 12.9. The van der Waals surface area contributed by atoms with Crippen molar-refractivity contribution in [3.05, 3.63) is 29.5 Å². The van der Waals surface area contributed by atoms with Gasteiger partial charge in [0.25, 0.3) is 0 Å². The van der Waals surface area contributed by atoms with Crippen molar-refractivity contribution in [1.29, 1.82) is 0 Å². The summed E-state index contributed by atoms with van der Waals surface area (Å²) in [7, 11) is 1.64. The number of H-pyrrole nitrogens is 1. The normalized spacial score (nSPS) is 19.8. The Bertz CT molecular complexity index is 993. The summed E-state index contributed by atoms with van der Waals surface area (Å²) in [5, 5.41) is 14.3. The lowest BCUT2D eigenvalue weighted by Gasteiger charge is -2.50. The van der Waals surface area contributed by atoms with E-state index in [0.29, 0.717) is 32.6 Å². The monoisotopic (exact) mass is 442 g/mol. The first kappa shape index (κ1) is 22.5. The molecule has 0 aliphatic carbocycles. The molecular weight excluding hydrogens is 408 g/mol. The molecule has 4 rings (SSSR count). The number of urea groups is 1. The van der Waals surface area contributed by atoms with Crippen LogP contribution in [0.3, 0.4) is 0 Å². The Morgan fingerprint density at radius 3 is 2.66 bits per heavy atom. The van der Waals surface area contributed by atoms with Gasteiger partial charge in [-0.3, -0.25) is 4.79 Å². The number of aromatic amines is 1. The zero-order valence-electron chi connectivity index (χ0n) is 19.2. The Balaban J connectivity index is 1.76. The van der Waals surface area contributed by atoms with Crippen LogP contribution >= 0.6 is 0 Å². The van der Waals surface area contributed by atoms with Gasteiger partial charge in [-0.05, 0) is 37.0 Å². The molecule has 3 amide bonds. The molecular formula is C24H34N4O4. The number of piperidine rings is 1. The summed E-state index contributed by atoms with van der Waals surface area (Å²) in [6.07, 6.45) is 2.83. The molecule has 0 radical (unpaired) electrons. The number of aliphatic hydroxyl groups is 1. The first-order valence-electron chi connectivity index (χ1n) is 11.6. The number of amides is 3. The van der Waals surface area contributed by atoms with E-state index in [2.05, 4.69) is 16.4 Å². The summed E-state index contributed by atoms with van der Waals surface area (Å²) < 4.78 is 5.41. The average Bonchev–Trinajstić information content (AvgIpc) is 3.21. The van der Waals surface area contributed by atoms with Crippen molar-refractivity contribution < 1.29 is 19.4 Å². The highest BCUT2D eigenvalue weighted by atomic mass is 16.5. The van der Waals surface area contributed by atoms with Crippen molar-refractivity contribution >= 4 is 22.8 Å². The van der Waals surface area contributed by atoms with Crippen LogP contribution < -0.4 is 10.1 Å². The minimum absolute atomic E-state index is 0.0175. The Labute approximate surface area is 188 Å². The Morgan fingerprint density at radius 2 is 2.03 bits per heavy atom. The molecule has 3 N–H and O–H groups in total. The first-order chi connectivity index (χ1) is 15.5. The van der Waals surface area contributed by atoms with E-state index in [4.69, 9.17) is 4.74 Å². The quantitative estimate of drug-likeness (QED) is 0.663. The number of hydrogen-bond donors (Lipinski definition) is 3. The number of benzene rings is 1. The number of rotatable bonds is 5. The third-order valence-electron chi connectivity index (χ3n) is 7.08. The number of fused-ring (bicyclic) bond motifs is 4. The summed E-state index contributed by atoms with van der Waals surface area (Å²) in [6, 6.07) is 5.57. The number of likely N-dealkylation sites (tertiary alicyclic amines) is 1. The fourth-order valence-electron chi connectivity index (χ4n) is 5.36.